The lowest BCUT2D eigenvalue weighted by atomic mass is 9.27. The van der Waals surface area contributed by atoms with Crippen LogP contribution in [-0.4, -0.2) is 40.4 Å². The fourth-order valence-corrected chi connectivity index (χ4v) is 5.11. The molecule has 0 aromatic heterocycles. The van der Waals surface area contributed by atoms with Gasteiger partial charge >= 0.3 is 12.6 Å². The predicted molar refractivity (Wildman–Crippen MR) is 85.9 cm³/mol. The maximum Gasteiger partial charge on any atom is 0.461 e. The number of carbonyl (C=O) groups excluding carboxylic acids is 1. The van der Waals surface area contributed by atoms with E-state index in [1.165, 1.54) is 38.5 Å². The van der Waals surface area contributed by atoms with Crippen molar-refractivity contribution < 1.29 is 13.9 Å². The number of nitrogens with zero attached hydrogens (tertiary/aromatic N) is 2. The summed E-state index contributed by atoms with van der Waals surface area (Å²) in [5.41, 5.74) is 0. The number of amides is 1. The Labute approximate surface area is 128 Å². The van der Waals surface area contributed by atoms with Crippen LogP contribution in [0.4, 0.5) is 4.79 Å². The molecule has 5 heteroatoms. The van der Waals surface area contributed by atoms with Gasteiger partial charge in [0.05, 0.1) is 0 Å². The van der Waals surface area contributed by atoms with Crippen LogP contribution in [0.5, 0.6) is 0 Å². The topological polar surface area (TPSA) is 32.5 Å². The molecule has 4 nitrogen and oxygen atoms in total. The fraction of sp³-hybridized carbons (Fsp3) is 0.875. The molecule has 0 aliphatic carbocycles. The van der Waals surface area contributed by atoms with E-state index in [9.17, 15) is 4.79 Å². The summed E-state index contributed by atoms with van der Waals surface area (Å²) in [4.78, 5) is 14.3. The predicted octanol–water partition coefficient (Wildman–Crippen LogP) is 3.85. The maximum absolute atomic E-state index is 12.6. The van der Waals surface area contributed by atoms with Crippen molar-refractivity contribution in [3.8, 4) is 0 Å². The highest BCUT2D eigenvalue weighted by molar-refractivity contribution is 6.71. The van der Waals surface area contributed by atoms with Gasteiger partial charge in [0.15, 0.2) is 0 Å². The first kappa shape index (κ1) is 14.9. The molecule has 2 saturated heterocycles. The Morgan fingerprint density at radius 3 is 2.10 bits per heavy atom. The number of carbonyl (C=O) groups is 1. The minimum atomic E-state index is -1.18. The molecule has 0 aromatic carbocycles. The molecule has 0 radical (unpaired) electrons. The van der Waals surface area contributed by atoms with E-state index in [-0.39, 0.29) is 12.1 Å². The van der Waals surface area contributed by atoms with Crippen LogP contribution in [0.25, 0.3) is 0 Å². The highest BCUT2D eigenvalue weighted by Gasteiger charge is 2.58. The Hall–Kier alpha value is -0.995. The standard InChI is InChI=1S/C16H29BN2O2/c1-12(2)18-11-19(13(3)4)17(21-16(18)20)14-7-5-8-15(17)10-6-9-14/h11-15H,5-10H2,1-4H3. The third-order valence-corrected chi connectivity index (χ3v) is 6.03. The minimum Gasteiger partial charge on any atom is -0.616 e. The molecule has 118 valence electrons. The van der Waals surface area contributed by atoms with E-state index < -0.39 is 6.48 Å². The van der Waals surface area contributed by atoms with Crippen LogP contribution in [0.2, 0.25) is 11.6 Å². The van der Waals surface area contributed by atoms with Gasteiger partial charge < -0.3 is 9.14 Å². The summed E-state index contributed by atoms with van der Waals surface area (Å²) >= 11 is 0. The fourth-order valence-electron chi connectivity index (χ4n) is 5.11. The molecule has 3 heterocycles. The number of hydrogen-bond donors (Lipinski definition) is 0. The summed E-state index contributed by atoms with van der Waals surface area (Å²) < 4.78 is 8.70. The highest BCUT2D eigenvalue weighted by Crippen LogP contribution is 2.54. The first-order valence-corrected chi connectivity index (χ1v) is 8.77. The zero-order chi connectivity index (χ0) is 15.2. The van der Waals surface area contributed by atoms with Crippen molar-refractivity contribution in [1.29, 1.82) is 0 Å². The van der Waals surface area contributed by atoms with Gasteiger partial charge in [-0.1, -0.05) is 50.2 Å². The van der Waals surface area contributed by atoms with Crippen molar-refractivity contribution in [2.45, 2.75) is 89.9 Å². The molecule has 3 aliphatic rings. The summed E-state index contributed by atoms with van der Waals surface area (Å²) in [5, 5.41) is 0. The van der Waals surface area contributed by atoms with E-state index in [0.717, 1.165) is 0 Å². The molecule has 1 amide bonds. The molecule has 2 fully saturated rings. The molecule has 0 atom stereocenters. The Bertz CT molecular complexity index is 439. The smallest absolute Gasteiger partial charge is 0.461 e. The van der Waals surface area contributed by atoms with Gasteiger partial charge in [-0.15, -0.1) is 0 Å². The van der Waals surface area contributed by atoms with Crippen LogP contribution in [0, 0.1) is 0 Å². The number of rotatable bonds is 2. The largest absolute Gasteiger partial charge is 0.616 e. The van der Waals surface area contributed by atoms with Gasteiger partial charge in [-0.3, -0.25) is 0 Å². The zero-order valence-electron chi connectivity index (χ0n) is 13.9. The Kier molecular flexibility index (Phi) is 3.79. The average molecular weight is 292 g/mol. The molecule has 0 aromatic rings. The molecule has 3 rings (SSSR count). The van der Waals surface area contributed by atoms with Gasteiger partial charge in [0.25, 0.3) is 0 Å². The van der Waals surface area contributed by atoms with Crippen molar-refractivity contribution in [2.75, 3.05) is 0 Å². The van der Waals surface area contributed by atoms with Gasteiger partial charge in [0.1, 0.15) is 6.04 Å². The summed E-state index contributed by atoms with van der Waals surface area (Å²) in [5.74, 6) is 1.13. The van der Waals surface area contributed by atoms with E-state index in [1.807, 2.05) is 13.8 Å². The van der Waals surface area contributed by atoms with Gasteiger partial charge in [0.2, 0.25) is 6.34 Å². The lowest BCUT2D eigenvalue weighted by Gasteiger charge is -2.58. The van der Waals surface area contributed by atoms with Crippen LogP contribution >= 0.6 is 0 Å². The number of hydrogen-bond acceptors (Lipinski definition) is 2. The van der Waals surface area contributed by atoms with Crippen molar-refractivity contribution in [2.24, 2.45) is 0 Å². The molecule has 3 aliphatic heterocycles. The SMILES string of the molecule is CC(C)N1C=[N+](C(C)C)[B-]2(OC1=O)C1CCCC2CCC1. The molecule has 21 heavy (non-hydrogen) atoms. The average Bonchev–Trinajstić information content (AvgIpc) is 2.37. The summed E-state index contributed by atoms with van der Waals surface area (Å²) in [6, 6.07) is 0.524. The zero-order valence-corrected chi connectivity index (χ0v) is 13.9. The maximum atomic E-state index is 12.6. The van der Waals surface area contributed by atoms with Crippen LogP contribution in [0.15, 0.2) is 0 Å². The Morgan fingerprint density at radius 1 is 1.14 bits per heavy atom. The third-order valence-electron chi connectivity index (χ3n) is 6.03. The molecular weight excluding hydrogens is 263 g/mol. The van der Waals surface area contributed by atoms with Gasteiger partial charge in [-0.05, 0) is 27.7 Å². The van der Waals surface area contributed by atoms with Crippen molar-refractivity contribution in [3.05, 3.63) is 0 Å². The molecular formula is C16H29BN2O2. The second-order valence-electron chi connectivity index (χ2n) is 7.79. The third kappa shape index (κ3) is 2.20. The van der Waals surface area contributed by atoms with Crippen molar-refractivity contribution in [1.82, 2.24) is 4.90 Å². The van der Waals surface area contributed by atoms with Crippen LogP contribution < -0.4 is 0 Å². The van der Waals surface area contributed by atoms with Gasteiger partial charge in [0, 0.05) is 6.04 Å². The van der Waals surface area contributed by atoms with Crippen molar-refractivity contribution >= 4 is 18.9 Å². The minimum absolute atomic E-state index is 0.124. The van der Waals surface area contributed by atoms with E-state index in [0.29, 0.717) is 17.7 Å². The lowest BCUT2D eigenvalue weighted by Crippen LogP contribution is -2.69. The first-order chi connectivity index (χ1) is 9.96. The molecule has 0 saturated carbocycles. The van der Waals surface area contributed by atoms with Crippen LogP contribution in [0.3, 0.4) is 0 Å². The summed E-state index contributed by atoms with van der Waals surface area (Å²) in [6.07, 6.45) is 9.46. The lowest BCUT2D eigenvalue weighted by molar-refractivity contribution is -0.462. The monoisotopic (exact) mass is 292 g/mol. The quantitative estimate of drug-likeness (QED) is 0.724. The Balaban J connectivity index is 2.07. The van der Waals surface area contributed by atoms with E-state index in [2.05, 4.69) is 24.7 Å². The highest BCUT2D eigenvalue weighted by atomic mass is 16.5. The first-order valence-electron chi connectivity index (χ1n) is 8.77. The molecule has 1 spiro atoms. The van der Waals surface area contributed by atoms with Gasteiger partial charge in [-0.2, -0.15) is 4.90 Å². The second-order valence-corrected chi connectivity index (χ2v) is 7.79. The van der Waals surface area contributed by atoms with E-state index >= 15 is 0 Å². The molecule has 0 N–H and O–H groups in total. The normalized spacial score (nSPS) is 36.2. The van der Waals surface area contributed by atoms with Crippen LogP contribution in [-0.2, 0) is 4.65 Å². The van der Waals surface area contributed by atoms with Crippen LogP contribution in [0.1, 0.15) is 66.2 Å². The summed E-state index contributed by atoms with van der Waals surface area (Å²) in [7, 11) is 0. The van der Waals surface area contributed by atoms with Crippen molar-refractivity contribution in [3.63, 3.8) is 0 Å². The van der Waals surface area contributed by atoms with E-state index in [1.54, 1.807) is 4.90 Å². The summed E-state index contributed by atoms with van der Waals surface area (Å²) in [6.45, 7) is 7.36. The Morgan fingerprint density at radius 2 is 1.67 bits per heavy atom. The van der Waals surface area contributed by atoms with Gasteiger partial charge in [-0.25, -0.2) is 4.79 Å². The molecule has 2 bridgehead atoms. The van der Waals surface area contributed by atoms with E-state index in [4.69, 9.17) is 4.65 Å². The second kappa shape index (κ2) is 5.33. The molecule has 0 unspecified atom stereocenters.